The molecule has 0 aromatic carbocycles. The molecule has 0 aliphatic heterocycles. The zero-order valence-electron chi connectivity index (χ0n) is 10.7. The van der Waals surface area contributed by atoms with E-state index in [9.17, 15) is 4.79 Å². The Morgan fingerprint density at radius 2 is 2.26 bits per heavy atom. The lowest BCUT2D eigenvalue weighted by Crippen LogP contribution is -2.26. The number of carbonyl (C=O) groups excluding carboxylic acids is 1. The van der Waals surface area contributed by atoms with Crippen molar-refractivity contribution in [2.24, 2.45) is 0 Å². The molecule has 0 spiro atoms. The number of aryl methyl sites for hydroxylation is 1. The van der Waals surface area contributed by atoms with E-state index in [1.807, 2.05) is 19.1 Å². The van der Waals surface area contributed by atoms with Gasteiger partial charge in [-0.1, -0.05) is 11.6 Å². The quantitative estimate of drug-likeness (QED) is 0.876. The van der Waals surface area contributed by atoms with E-state index in [2.05, 4.69) is 4.98 Å². The molecule has 5 nitrogen and oxygen atoms in total. The summed E-state index contributed by atoms with van der Waals surface area (Å²) < 4.78 is 5.43. The monoisotopic (exact) mass is 279 g/mol. The number of anilines is 1. The predicted octanol–water partition coefficient (Wildman–Crippen LogP) is 2.49. The van der Waals surface area contributed by atoms with Crippen molar-refractivity contribution in [3.63, 3.8) is 0 Å². The number of nitrogen functional groups attached to an aromatic ring is 1. The van der Waals surface area contributed by atoms with Gasteiger partial charge in [-0.05, 0) is 25.1 Å². The van der Waals surface area contributed by atoms with Crippen LogP contribution >= 0.6 is 11.6 Å². The summed E-state index contributed by atoms with van der Waals surface area (Å²) in [6, 6.07) is 5.20. The molecule has 0 saturated carbocycles. The standard InChI is InChI=1S/C13H14ClN3O2/c1-8-3-4-10(19-8)7-17(2)13(18)11-5-9(15)6-16-12(11)14/h3-6H,7,15H2,1-2H3. The fraction of sp³-hybridized carbons (Fsp3) is 0.231. The number of nitrogens with two attached hydrogens (primary N) is 1. The first kappa shape index (κ1) is 13.4. The van der Waals surface area contributed by atoms with Gasteiger partial charge in [0.2, 0.25) is 0 Å². The van der Waals surface area contributed by atoms with Crippen LogP contribution in [0.3, 0.4) is 0 Å². The van der Waals surface area contributed by atoms with Gasteiger partial charge in [0.1, 0.15) is 16.7 Å². The second kappa shape index (κ2) is 5.32. The van der Waals surface area contributed by atoms with Crippen LogP contribution in [0.25, 0.3) is 0 Å². The highest BCUT2D eigenvalue weighted by molar-refractivity contribution is 6.32. The Hall–Kier alpha value is -2.01. The second-order valence-electron chi connectivity index (χ2n) is 4.28. The number of pyridine rings is 1. The molecular formula is C13H14ClN3O2. The lowest BCUT2D eigenvalue weighted by Gasteiger charge is -2.16. The van der Waals surface area contributed by atoms with Crippen LogP contribution < -0.4 is 5.73 Å². The molecule has 2 N–H and O–H groups in total. The average molecular weight is 280 g/mol. The largest absolute Gasteiger partial charge is 0.464 e. The number of rotatable bonds is 3. The van der Waals surface area contributed by atoms with Gasteiger partial charge in [0.25, 0.3) is 5.91 Å². The Balaban J connectivity index is 2.16. The zero-order chi connectivity index (χ0) is 14.0. The smallest absolute Gasteiger partial charge is 0.257 e. The van der Waals surface area contributed by atoms with Gasteiger partial charge >= 0.3 is 0 Å². The number of hydrogen-bond donors (Lipinski definition) is 1. The number of hydrogen-bond acceptors (Lipinski definition) is 4. The first-order valence-corrected chi connectivity index (χ1v) is 6.07. The van der Waals surface area contributed by atoms with Crippen molar-refractivity contribution in [2.75, 3.05) is 12.8 Å². The third-order valence-corrected chi connectivity index (χ3v) is 2.93. The highest BCUT2D eigenvalue weighted by Gasteiger charge is 2.17. The molecule has 0 bridgehead atoms. The molecule has 0 unspecified atom stereocenters. The Kier molecular flexibility index (Phi) is 3.76. The summed E-state index contributed by atoms with van der Waals surface area (Å²) >= 11 is 5.90. The number of amides is 1. The van der Waals surface area contributed by atoms with E-state index < -0.39 is 0 Å². The molecule has 0 fully saturated rings. The Morgan fingerprint density at radius 1 is 1.53 bits per heavy atom. The molecule has 0 aliphatic rings. The van der Waals surface area contributed by atoms with E-state index in [0.29, 0.717) is 18.0 Å². The van der Waals surface area contributed by atoms with Gasteiger partial charge < -0.3 is 15.1 Å². The van der Waals surface area contributed by atoms with Gasteiger partial charge in [-0.3, -0.25) is 4.79 Å². The number of furan rings is 1. The molecule has 0 atom stereocenters. The molecule has 1 amide bonds. The van der Waals surface area contributed by atoms with Crippen LogP contribution in [-0.4, -0.2) is 22.8 Å². The summed E-state index contributed by atoms with van der Waals surface area (Å²) in [5.41, 5.74) is 6.29. The molecule has 19 heavy (non-hydrogen) atoms. The van der Waals surface area contributed by atoms with Gasteiger partial charge in [-0.15, -0.1) is 0 Å². The summed E-state index contributed by atoms with van der Waals surface area (Å²) in [6.07, 6.45) is 1.41. The molecule has 2 aromatic heterocycles. The summed E-state index contributed by atoms with van der Waals surface area (Å²) in [6.45, 7) is 2.21. The number of aromatic nitrogens is 1. The lowest BCUT2D eigenvalue weighted by atomic mass is 10.2. The molecule has 2 heterocycles. The van der Waals surface area contributed by atoms with E-state index in [1.165, 1.54) is 17.2 Å². The SMILES string of the molecule is Cc1ccc(CN(C)C(=O)c2cc(N)cnc2Cl)o1. The van der Waals surface area contributed by atoms with Crippen LogP contribution in [0.2, 0.25) is 5.15 Å². The second-order valence-corrected chi connectivity index (χ2v) is 4.64. The number of nitrogens with zero attached hydrogens (tertiary/aromatic N) is 2. The van der Waals surface area contributed by atoms with Crippen molar-refractivity contribution in [2.45, 2.75) is 13.5 Å². The molecule has 0 radical (unpaired) electrons. The third-order valence-electron chi connectivity index (χ3n) is 2.63. The highest BCUT2D eigenvalue weighted by Crippen LogP contribution is 2.18. The third kappa shape index (κ3) is 3.06. The van der Waals surface area contributed by atoms with Crippen molar-refractivity contribution < 1.29 is 9.21 Å². The van der Waals surface area contributed by atoms with Crippen LogP contribution in [0.4, 0.5) is 5.69 Å². The molecule has 2 rings (SSSR count). The first-order valence-electron chi connectivity index (χ1n) is 5.69. The first-order chi connectivity index (χ1) is 8.97. The van der Waals surface area contributed by atoms with E-state index in [1.54, 1.807) is 7.05 Å². The van der Waals surface area contributed by atoms with Crippen molar-refractivity contribution in [1.29, 1.82) is 0 Å². The van der Waals surface area contributed by atoms with Crippen molar-refractivity contribution in [3.05, 3.63) is 46.6 Å². The van der Waals surface area contributed by atoms with Crippen LogP contribution in [0.1, 0.15) is 21.9 Å². The van der Waals surface area contributed by atoms with Crippen molar-refractivity contribution >= 4 is 23.2 Å². The summed E-state index contributed by atoms with van der Waals surface area (Å²) in [5.74, 6) is 1.26. The minimum Gasteiger partial charge on any atom is -0.464 e. The van der Waals surface area contributed by atoms with E-state index in [0.717, 1.165) is 5.76 Å². The van der Waals surface area contributed by atoms with Gasteiger partial charge in [0, 0.05) is 7.05 Å². The predicted molar refractivity (Wildman–Crippen MR) is 72.9 cm³/mol. The lowest BCUT2D eigenvalue weighted by molar-refractivity contribution is 0.0775. The van der Waals surface area contributed by atoms with Crippen LogP contribution in [0.15, 0.2) is 28.8 Å². The summed E-state index contributed by atoms with van der Waals surface area (Å²) in [5, 5.41) is 0.140. The Bertz CT molecular complexity index is 610. The summed E-state index contributed by atoms with van der Waals surface area (Å²) in [7, 11) is 1.67. The van der Waals surface area contributed by atoms with Crippen LogP contribution in [-0.2, 0) is 6.54 Å². The highest BCUT2D eigenvalue weighted by atomic mass is 35.5. The maximum absolute atomic E-state index is 12.2. The molecular weight excluding hydrogens is 266 g/mol. The van der Waals surface area contributed by atoms with Gasteiger partial charge in [-0.25, -0.2) is 4.98 Å². The maximum Gasteiger partial charge on any atom is 0.257 e. The minimum absolute atomic E-state index is 0.140. The minimum atomic E-state index is -0.251. The van der Waals surface area contributed by atoms with Gasteiger partial charge in [0.15, 0.2) is 0 Å². The Labute approximate surface area is 116 Å². The van der Waals surface area contributed by atoms with Gasteiger partial charge in [-0.2, -0.15) is 0 Å². The van der Waals surface area contributed by atoms with E-state index in [4.69, 9.17) is 21.8 Å². The molecule has 100 valence electrons. The molecule has 6 heteroatoms. The van der Waals surface area contributed by atoms with Crippen LogP contribution in [0, 0.1) is 6.92 Å². The Morgan fingerprint density at radius 3 is 2.89 bits per heavy atom. The molecule has 2 aromatic rings. The number of carbonyl (C=O) groups is 1. The fourth-order valence-electron chi connectivity index (χ4n) is 1.70. The van der Waals surface area contributed by atoms with Gasteiger partial charge in [0.05, 0.1) is 24.0 Å². The van der Waals surface area contributed by atoms with Crippen molar-refractivity contribution in [3.8, 4) is 0 Å². The molecule has 0 aliphatic carbocycles. The van der Waals surface area contributed by atoms with E-state index >= 15 is 0 Å². The van der Waals surface area contributed by atoms with E-state index in [-0.39, 0.29) is 16.6 Å². The summed E-state index contributed by atoms with van der Waals surface area (Å²) in [4.78, 5) is 17.6. The normalized spacial score (nSPS) is 10.5. The zero-order valence-corrected chi connectivity index (χ0v) is 11.4. The topological polar surface area (TPSA) is 72.4 Å². The number of halogens is 1. The molecule has 0 saturated heterocycles. The van der Waals surface area contributed by atoms with Crippen LogP contribution in [0.5, 0.6) is 0 Å². The fourth-order valence-corrected chi connectivity index (χ4v) is 1.88. The van der Waals surface area contributed by atoms with Crippen molar-refractivity contribution in [1.82, 2.24) is 9.88 Å². The maximum atomic E-state index is 12.2. The average Bonchev–Trinajstić information content (AvgIpc) is 2.77.